The van der Waals surface area contributed by atoms with Gasteiger partial charge < -0.3 is 0 Å². The molecule has 3 heteroatoms. The predicted octanol–water partition coefficient (Wildman–Crippen LogP) is 3.08. The number of hydrogen-bond acceptors (Lipinski definition) is 2. The molecule has 3 nitrogen and oxygen atoms in total. The maximum absolute atomic E-state index is 11.0. The zero-order chi connectivity index (χ0) is 12.3. The average molecular weight is 228 g/mol. The van der Waals surface area contributed by atoms with Gasteiger partial charge in [0.2, 0.25) is 0 Å². The van der Waals surface area contributed by atoms with Gasteiger partial charge in [-0.1, -0.05) is 31.2 Å². The van der Waals surface area contributed by atoms with Crippen LogP contribution in [0.3, 0.4) is 0 Å². The molecule has 17 heavy (non-hydrogen) atoms. The lowest BCUT2D eigenvalue weighted by Crippen LogP contribution is -1.96. The third-order valence-electron chi connectivity index (χ3n) is 2.78. The molecule has 2 rings (SSSR count). The van der Waals surface area contributed by atoms with Crippen LogP contribution in [0.2, 0.25) is 0 Å². The summed E-state index contributed by atoms with van der Waals surface area (Å²) in [5.74, 6) is 0. The van der Waals surface area contributed by atoms with Crippen LogP contribution in [0.4, 0.5) is 0 Å². The van der Waals surface area contributed by atoms with E-state index in [-0.39, 0.29) is 0 Å². The van der Waals surface area contributed by atoms with Crippen molar-refractivity contribution >= 4 is 6.29 Å². The Morgan fingerprint density at radius 1 is 1.29 bits per heavy atom. The number of aromatic nitrogens is 2. The number of carbonyl (C=O) groups excluding carboxylic acids is 1. The first kappa shape index (κ1) is 11.6. The van der Waals surface area contributed by atoms with Crippen LogP contribution in [0, 0.1) is 6.92 Å². The van der Waals surface area contributed by atoms with Gasteiger partial charge in [-0.3, -0.25) is 9.48 Å². The first-order valence-electron chi connectivity index (χ1n) is 5.85. The highest BCUT2D eigenvalue weighted by Gasteiger charge is 2.10. The van der Waals surface area contributed by atoms with Gasteiger partial charge in [-0.05, 0) is 18.9 Å². The predicted molar refractivity (Wildman–Crippen MR) is 68.1 cm³/mol. The van der Waals surface area contributed by atoms with Gasteiger partial charge in [0, 0.05) is 23.9 Å². The minimum absolute atomic E-state index is 0.714. The molecule has 0 bridgehead atoms. The van der Waals surface area contributed by atoms with Crippen LogP contribution >= 0.6 is 0 Å². The van der Waals surface area contributed by atoms with Crippen molar-refractivity contribution < 1.29 is 4.79 Å². The monoisotopic (exact) mass is 228 g/mol. The summed E-state index contributed by atoms with van der Waals surface area (Å²) in [6.07, 6.45) is 3.96. The molecule has 0 N–H and O–H groups in total. The fourth-order valence-corrected chi connectivity index (χ4v) is 1.97. The second-order valence-corrected chi connectivity index (χ2v) is 4.10. The zero-order valence-electron chi connectivity index (χ0n) is 10.2. The van der Waals surface area contributed by atoms with E-state index < -0.39 is 0 Å². The average Bonchev–Trinajstić information content (AvgIpc) is 2.70. The van der Waals surface area contributed by atoms with Gasteiger partial charge in [0.15, 0.2) is 6.29 Å². The summed E-state index contributed by atoms with van der Waals surface area (Å²) in [6, 6.07) is 7.61. The van der Waals surface area contributed by atoms with Crippen molar-refractivity contribution in [3.8, 4) is 11.1 Å². The summed E-state index contributed by atoms with van der Waals surface area (Å²) in [7, 11) is 0. The fourth-order valence-electron chi connectivity index (χ4n) is 1.97. The van der Waals surface area contributed by atoms with E-state index in [0.29, 0.717) is 5.56 Å². The van der Waals surface area contributed by atoms with E-state index in [1.54, 1.807) is 0 Å². The standard InChI is InChI=1S/C14H16N2O/c1-3-8-16-9-14(11(2)15-16)13-7-5-4-6-12(13)10-17/h4-7,9-10H,3,8H2,1-2H3. The summed E-state index contributed by atoms with van der Waals surface area (Å²) >= 11 is 0. The van der Waals surface area contributed by atoms with Crippen molar-refractivity contribution in [1.29, 1.82) is 0 Å². The normalized spacial score (nSPS) is 10.5. The van der Waals surface area contributed by atoms with Crippen LogP contribution in [0.15, 0.2) is 30.5 Å². The highest BCUT2D eigenvalue weighted by atomic mass is 16.1. The van der Waals surface area contributed by atoms with Crippen molar-refractivity contribution in [3.63, 3.8) is 0 Å². The summed E-state index contributed by atoms with van der Waals surface area (Å²) < 4.78 is 1.94. The lowest BCUT2D eigenvalue weighted by atomic mass is 10.0. The highest BCUT2D eigenvalue weighted by Crippen LogP contribution is 2.25. The van der Waals surface area contributed by atoms with E-state index in [4.69, 9.17) is 0 Å². The van der Waals surface area contributed by atoms with Crippen molar-refractivity contribution in [2.45, 2.75) is 26.8 Å². The first-order valence-corrected chi connectivity index (χ1v) is 5.85. The SMILES string of the molecule is CCCn1cc(-c2ccccc2C=O)c(C)n1. The molecule has 0 aliphatic heterocycles. The summed E-state index contributed by atoms with van der Waals surface area (Å²) in [5, 5.41) is 4.45. The Balaban J connectivity index is 2.48. The Hall–Kier alpha value is -1.90. The van der Waals surface area contributed by atoms with Crippen molar-refractivity contribution in [2.75, 3.05) is 0 Å². The summed E-state index contributed by atoms with van der Waals surface area (Å²) in [4.78, 5) is 11.0. The van der Waals surface area contributed by atoms with Gasteiger partial charge in [-0.2, -0.15) is 5.10 Å². The lowest BCUT2D eigenvalue weighted by molar-refractivity contribution is 0.112. The largest absolute Gasteiger partial charge is 0.298 e. The Morgan fingerprint density at radius 3 is 2.76 bits per heavy atom. The quantitative estimate of drug-likeness (QED) is 0.754. The molecule has 1 aromatic heterocycles. The molecule has 88 valence electrons. The number of hydrogen-bond donors (Lipinski definition) is 0. The molecule has 0 aliphatic carbocycles. The maximum Gasteiger partial charge on any atom is 0.150 e. The molecule has 0 atom stereocenters. The van der Waals surface area contributed by atoms with E-state index in [9.17, 15) is 4.79 Å². The van der Waals surface area contributed by atoms with E-state index in [0.717, 1.165) is 36.1 Å². The fraction of sp³-hybridized carbons (Fsp3) is 0.286. The smallest absolute Gasteiger partial charge is 0.150 e. The van der Waals surface area contributed by atoms with Gasteiger partial charge in [0.05, 0.1) is 5.69 Å². The van der Waals surface area contributed by atoms with Crippen molar-refractivity contribution in [1.82, 2.24) is 9.78 Å². The van der Waals surface area contributed by atoms with Crippen LogP contribution in [-0.4, -0.2) is 16.1 Å². The molecule has 0 saturated carbocycles. The molecule has 1 heterocycles. The Bertz CT molecular complexity index is 529. The molecule has 0 saturated heterocycles. The van der Waals surface area contributed by atoms with Crippen molar-refractivity contribution in [3.05, 3.63) is 41.7 Å². The molecule has 2 aromatic rings. The van der Waals surface area contributed by atoms with Crippen molar-refractivity contribution in [2.24, 2.45) is 0 Å². The van der Waals surface area contributed by atoms with Gasteiger partial charge in [0.25, 0.3) is 0 Å². The maximum atomic E-state index is 11.0. The third kappa shape index (κ3) is 2.28. The summed E-state index contributed by atoms with van der Waals surface area (Å²) in [6.45, 7) is 5.00. The number of benzene rings is 1. The number of nitrogens with zero attached hydrogens (tertiary/aromatic N) is 2. The van der Waals surface area contributed by atoms with Crippen LogP contribution in [0.5, 0.6) is 0 Å². The second kappa shape index (κ2) is 4.95. The third-order valence-corrected chi connectivity index (χ3v) is 2.78. The number of aldehydes is 1. The van der Waals surface area contributed by atoms with Gasteiger partial charge >= 0.3 is 0 Å². The lowest BCUT2D eigenvalue weighted by Gasteiger charge is -2.02. The van der Waals surface area contributed by atoms with E-state index in [1.807, 2.05) is 42.1 Å². The molecular formula is C14H16N2O. The number of aryl methyl sites for hydroxylation is 2. The van der Waals surface area contributed by atoms with Gasteiger partial charge in [-0.15, -0.1) is 0 Å². The highest BCUT2D eigenvalue weighted by molar-refractivity contribution is 5.87. The van der Waals surface area contributed by atoms with E-state index in [2.05, 4.69) is 12.0 Å². The molecule has 0 spiro atoms. The van der Waals surface area contributed by atoms with E-state index >= 15 is 0 Å². The number of carbonyl (C=O) groups is 1. The zero-order valence-corrected chi connectivity index (χ0v) is 10.2. The minimum Gasteiger partial charge on any atom is -0.298 e. The number of rotatable bonds is 4. The molecule has 0 aliphatic rings. The van der Waals surface area contributed by atoms with Crippen LogP contribution in [-0.2, 0) is 6.54 Å². The summed E-state index contributed by atoms with van der Waals surface area (Å²) in [5.41, 5.74) is 3.68. The van der Waals surface area contributed by atoms with Gasteiger partial charge in [-0.25, -0.2) is 0 Å². The molecule has 0 amide bonds. The van der Waals surface area contributed by atoms with Gasteiger partial charge in [0.1, 0.15) is 0 Å². The molecule has 1 aromatic carbocycles. The van der Waals surface area contributed by atoms with Crippen LogP contribution in [0.25, 0.3) is 11.1 Å². The first-order chi connectivity index (χ1) is 8.26. The second-order valence-electron chi connectivity index (χ2n) is 4.10. The molecule has 0 radical (unpaired) electrons. The molecule has 0 fully saturated rings. The Morgan fingerprint density at radius 2 is 2.06 bits per heavy atom. The Labute approximate surface area is 101 Å². The minimum atomic E-state index is 0.714. The molecular weight excluding hydrogens is 212 g/mol. The van der Waals surface area contributed by atoms with E-state index in [1.165, 1.54) is 0 Å². The topological polar surface area (TPSA) is 34.9 Å². The molecule has 0 unspecified atom stereocenters. The van der Waals surface area contributed by atoms with Crippen LogP contribution < -0.4 is 0 Å². The Kier molecular flexibility index (Phi) is 3.38. The van der Waals surface area contributed by atoms with Crippen LogP contribution in [0.1, 0.15) is 29.4 Å².